The molecule has 146 valence electrons. The summed E-state index contributed by atoms with van der Waals surface area (Å²) in [5, 5.41) is 1.56. The zero-order valence-electron chi connectivity index (χ0n) is 15.1. The molecule has 0 bridgehead atoms. The van der Waals surface area contributed by atoms with Crippen molar-refractivity contribution < 1.29 is 9.47 Å². The van der Waals surface area contributed by atoms with Gasteiger partial charge in [0.15, 0.2) is 16.6 Å². The third-order valence-electron chi connectivity index (χ3n) is 3.95. The van der Waals surface area contributed by atoms with Crippen LogP contribution in [0, 0.1) is 0 Å². The lowest BCUT2D eigenvalue weighted by Crippen LogP contribution is -2.36. The van der Waals surface area contributed by atoms with E-state index in [9.17, 15) is 0 Å². The van der Waals surface area contributed by atoms with Crippen LogP contribution in [0.25, 0.3) is 0 Å². The molecule has 0 saturated heterocycles. The fourth-order valence-corrected chi connectivity index (χ4v) is 3.22. The lowest BCUT2D eigenvalue weighted by Gasteiger charge is -2.23. The van der Waals surface area contributed by atoms with Gasteiger partial charge in [0.2, 0.25) is 0 Å². The molecule has 2 aromatic carbocycles. The molecule has 0 radical (unpaired) electrons. The Bertz CT molecular complexity index is 790. The van der Waals surface area contributed by atoms with Gasteiger partial charge in [0.1, 0.15) is 6.61 Å². The summed E-state index contributed by atoms with van der Waals surface area (Å²) in [6, 6.07) is 11.2. The number of nitrogens with zero attached hydrogens (tertiary/aromatic N) is 1. The molecule has 0 aromatic heterocycles. The number of rotatable bonds is 9. The molecule has 0 aliphatic heterocycles. The Morgan fingerprint density at radius 3 is 2.56 bits per heavy atom. The van der Waals surface area contributed by atoms with Crippen LogP contribution in [0.15, 0.2) is 36.4 Å². The highest BCUT2D eigenvalue weighted by Crippen LogP contribution is 2.28. The highest BCUT2D eigenvalue weighted by molar-refractivity contribution is 7.80. The predicted molar refractivity (Wildman–Crippen MR) is 115 cm³/mol. The Labute approximate surface area is 175 Å². The molecule has 0 unspecified atom stereocenters. The first-order chi connectivity index (χ1) is 12.9. The van der Waals surface area contributed by atoms with Crippen molar-refractivity contribution in [1.29, 1.82) is 0 Å². The van der Waals surface area contributed by atoms with Crippen LogP contribution in [0.2, 0.25) is 10.0 Å². The summed E-state index contributed by atoms with van der Waals surface area (Å²) >= 11 is 17.4. The standard InChI is InChI=1S/C19H23Cl2N3O2S/c1-25-18-10-13(2-5-17(18)26-9-7-22)12-24(19(23)27)8-6-14-3-4-15(20)11-16(14)21/h2-5,10-11H,6-9,12,22H2,1H3,(H2,23,27). The quantitative estimate of drug-likeness (QED) is 0.595. The zero-order valence-corrected chi connectivity index (χ0v) is 17.4. The minimum Gasteiger partial charge on any atom is -0.493 e. The number of halogens is 2. The maximum absolute atomic E-state index is 6.24. The van der Waals surface area contributed by atoms with E-state index >= 15 is 0 Å². The second-order valence-corrected chi connectivity index (χ2v) is 7.13. The van der Waals surface area contributed by atoms with Crippen LogP contribution < -0.4 is 20.9 Å². The second kappa shape index (κ2) is 10.6. The van der Waals surface area contributed by atoms with Gasteiger partial charge in [-0.05, 0) is 54.0 Å². The van der Waals surface area contributed by atoms with Gasteiger partial charge in [-0.2, -0.15) is 0 Å². The monoisotopic (exact) mass is 427 g/mol. The number of benzene rings is 2. The average molecular weight is 428 g/mol. The fourth-order valence-electron chi connectivity index (χ4n) is 2.57. The topological polar surface area (TPSA) is 73.7 Å². The summed E-state index contributed by atoms with van der Waals surface area (Å²) in [5.74, 6) is 1.30. The van der Waals surface area contributed by atoms with Crippen molar-refractivity contribution in [2.75, 3.05) is 26.8 Å². The van der Waals surface area contributed by atoms with Crippen LogP contribution in [0.5, 0.6) is 11.5 Å². The molecular weight excluding hydrogens is 405 g/mol. The molecule has 5 nitrogen and oxygen atoms in total. The molecule has 2 rings (SSSR count). The van der Waals surface area contributed by atoms with Crippen molar-refractivity contribution in [3.63, 3.8) is 0 Å². The van der Waals surface area contributed by atoms with Crippen LogP contribution in [0.1, 0.15) is 11.1 Å². The van der Waals surface area contributed by atoms with Crippen molar-refractivity contribution in [2.45, 2.75) is 13.0 Å². The highest BCUT2D eigenvalue weighted by atomic mass is 35.5. The Hall–Kier alpha value is -1.73. The number of methoxy groups -OCH3 is 1. The van der Waals surface area contributed by atoms with Crippen molar-refractivity contribution in [3.05, 3.63) is 57.6 Å². The summed E-state index contributed by atoms with van der Waals surface area (Å²) in [6.07, 6.45) is 0.697. The smallest absolute Gasteiger partial charge is 0.166 e. The van der Waals surface area contributed by atoms with Crippen molar-refractivity contribution in [3.8, 4) is 11.5 Å². The van der Waals surface area contributed by atoms with Crippen molar-refractivity contribution in [2.24, 2.45) is 11.5 Å². The Morgan fingerprint density at radius 2 is 1.93 bits per heavy atom. The Balaban J connectivity index is 2.08. The number of hydrogen-bond donors (Lipinski definition) is 2. The first-order valence-electron chi connectivity index (χ1n) is 8.42. The second-order valence-electron chi connectivity index (χ2n) is 5.87. The minimum absolute atomic E-state index is 0.322. The van der Waals surface area contributed by atoms with Gasteiger partial charge in [-0.3, -0.25) is 0 Å². The number of nitrogens with two attached hydrogens (primary N) is 2. The van der Waals surface area contributed by atoms with E-state index in [1.807, 2.05) is 35.2 Å². The lowest BCUT2D eigenvalue weighted by atomic mass is 10.1. The molecule has 27 heavy (non-hydrogen) atoms. The van der Waals surface area contributed by atoms with Crippen LogP contribution in [0.3, 0.4) is 0 Å². The van der Waals surface area contributed by atoms with E-state index in [0.29, 0.717) is 59.3 Å². The fraction of sp³-hybridized carbons (Fsp3) is 0.316. The molecule has 8 heteroatoms. The Morgan fingerprint density at radius 1 is 1.15 bits per heavy atom. The summed E-state index contributed by atoms with van der Waals surface area (Å²) in [7, 11) is 1.60. The van der Waals surface area contributed by atoms with Crippen LogP contribution >= 0.6 is 35.4 Å². The molecule has 0 aliphatic rings. The maximum Gasteiger partial charge on any atom is 0.166 e. The zero-order chi connectivity index (χ0) is 19.8. The highest BCUT2D eigenvalue weighted by Gasteiger charge is 2.12. The van der Waals surface area contributed by atoms with E-state index in [1.165, 1.54) is 0 Å². The van der Waals surface area contributed by atoms with Crippen molar-refractivity contribution >= 4 is 40.5 Å². The van der Waals surface area contributed by atoms with Gasteiger partial charge in [0, 0.05) is 29.7 Å². The molecular formula is C19H23Cl2N3O2S. The molecule has 0 heterocycles. The van der Waals surface area contributed by atoms with Gasteiger partial charge in [-0.15, -0.1) is 0 Å². The van der Waals surface area contributed by atoms with E-state index in [4.69, 9.17) is 56.4 Å². The van der Waals surface area contributed by atoms with Gasteiger partial charge in [0.05, 0.1) is 7.11 Å². The van der Waals surface area contributed by atoms with Crippen LogP contribution in [-0.4, -0.2) is 36.8 Å². The summed E-state index contributed by atoms with van der Waals surface area (Å²) in [4.78, 5) is 1.91. The summed E-state index contributed by atoms with van der Waals surface area (Å²) in [6.45, 7) is 2.04. The first-order valence-corrected chi connectivity index (χ1v) is 9.59. The van der Waals surface area contributed by atoms with E-state index in [0.717, 1.165) is 11.1 Å². The molecule has 0 atom stereocenters. The number of hydrogen-bond acceptors (Lipinski definition) is 4. The SMILES string of the molecule is COc1cc(CN(CCc2ccc(Cl)cc2Cl)C(N)=S)ccc1OCCN. The van der Waals surface area contributed by atoms with E-state index < -0.39 is 0 Å². The first kappa shape index (κ1) is 21.6. The third kappa shape index (κ3) is 6.43. The van der Waals surface area contributed by atoms with Crippen molar-refractivity contribution in [1.82, 2.24) is 4.90 Å². The summed E-state index contributed by atoms with van der Waals surface area (Å²) < 4.78 is 11.0. The minimum atomic E-state index is 0.322. The molecule has 0 spiro atoms. The molecule has 0 saturated carbocycles. The number of ether oxygens (including phenoxy) is 2. The third-order valence-corrected chi connectivity index (χ3v) is 4.80. The lowest BCUT2D eigenvalue weighted by molar-refractivity contribution is 0.302. The van der Waals surface area contributed by atoms with E-state index in [-0.39, 0.29) is 0 Å². The van der Waals surface area contributed by atoms with Crippen LogP contribution in [-0.2, 0) is 13.0 Å². The van der Waals surface area contributed by atoms with E-state index in [2.05, 4.69) is 0 Å². The van der Waals surface area contributed by atoms with Gasteiger partial charge in [-0.1, -0.05) is 35.3 Å². The molecule has 2 aromatic rings. The average Bonchev–Trinajstić information content (AvgIpc) is 2.64. The van der Waals surface area contributed by atoms with Gasteiger partial charge >= 0.3 is 0 Å². The molecule has 4 N–H and O–H groups in total. The van der Waals surface area contributed by atoms with Crippen LogP contribution in [0.4, 0.5) is 0 Å². The number of thiocarbonyl (C=S) groups is 1. The molecule has 0 aliphatic carbocycles. The van der Waals surface area contributed by atoms with E-state index in [1.54, 1.807) is 13.2 Å². The maximum atomic E-state index is 6.24. The largest absolute Gasteiger partial charge is 0.493 e. The van der Waals surface area contributed by atoms with Gasteiger partial charge in [-0.25, -0.2) is 0 Å². The molecule has 0 fully saturated rings. The summed E-state index contributed by atoms with van der Waals surface area (Å²) in [5.41, 5.74) is 13.4. The normalized spacial score (nSPS) is 10.5. The Kier molecular flexibility index (Phi) is 8.44. The van der Waals surface area contributed by atoms with Gasteiger partial charge < -0.3 is 25.8 Å². The van der Waals surface area contributed by atoms with Gasteiger partial charge in [0.25, 0.3) is 0 Å². The molecule has 0 amide bonds. The predicted octanol–water partition coefficient (Wildman–Crippen LogP) is 3.63.